The van der Waals surface area contributed by atoms with Gasteiger partial charge in [-0.25, -0.2) is 4.98 Å². The standard InChI is InChI=1S/C16H23N3OS/c1-10-11(2)21-16-14(10)15(20)18-13(19-16)9-17-8-12-6-4-3-5-7-12/h12,17H,3-9H2,1-2H3,(H,18,19,20). The minimum Gasteiger partial charge on any atom is -0.310 e. The molecule has 1 saturated carbocycles. The molecule has 0 atom stereocenters. The maximum absolute atomic E-state index is 12.2. The first-order valence-corrected chi connectivity index (χ1v) is 8.66. The highest BCUT2D eigenvalue weighted by Gasteiger charge is 2.14. The molecule has 114 valence electrons. The lowest BCUT2D eigenvalue weighted by atomic mass is 9.89. The molecular formula is C16H23N3OS. The number of aromatic amines is 1. The summed E-state index contributed by atoms with van der Waals surface area (Å²) < 4.78 is 0. The van der Waals surface area contributed by atoms with Crippen LogP contribution in [0.1, 0.15) is 48.4 Å². The second kappa shape index (κ2) is 6.28. The molecule has 0 bridgehead atoms. The smallest absolute Gasteiger partial charge is 0.259 e. The van der Waals surface area contributed by atoms with Gasteiger partial charge in [-0.3, -0.25) is 4.79 Å². The van der Waals surface area contributed by atoms with Gasteiger partial charge in [-0.2, -0.15) is 0 Å². The number of hydrogen-bond acceptors (Lipinski definition) is 4. The lowest BCUT2D eigenvalue weighted by molar-refractivity contribution is 0.341. The Morgan fingerprint density at radius 2 is 2.05 bits per heavy atom. The molecule has 5 heteroatoms. The van der Waals surface area contributed by atoms with E-state index in [1.165, 1.54) is 37.0 Å². The van der Waals surface area contributed by atoms with Crippen molar-refractivity contribution in [3.63, 3.8) is 0 Å². The van der Waals surface area contributed by atoms with Gasteiger partial charge in [-0.15, -0.1) is 11.3 Å². The van der Waals surface area contributed by atoms with Gasteiger partial charge in [0.05, 0.1) is 11.9 Å². The number of aromatic nitrogens is 2. The van der Waals surface area contributed by atoms with Crippen LogP contribution in [0.2, 0.25) is 0 Å². The predicted octanol–water partition coefficient (Wildman–Crippen LogP) is 3.27. The lowest BCUT2D eigenvalue weighted by Gasteiger charge is -2.21. The van der Waals surface area contributed by atoms with E-state index in [1.807, 2.05) is 13.8 Å². The SMILES string of the molecule is Cc1sc2nc(CNCC3CCCCC3)[nH]c(=O)c2c1C. The van der Waals surface area contributed by atoms with E-state index in [-0.39, 0.29) is 5.56 Å². The normalized spacial score (nSPS) is 16.7. The maximum atomic E-state index is 12.2. The minimum atomic E-state index is -0.00341. The van der Waals surface area contributed by atoms with Gasteiger partial charge in [0.1, 0.15) is 10.7 Å². The first kappa shape index (κ1) is 14.7. The van der Waals surface area contributed by atoms with Crippen LogP contribution in [0.5, 0.6) is 0 Å². The fourth-order valence-electron chi connectivity index (χ4n) is 3.17. The Bertz CT molecular complexity index is 683. The molecule has 0 aliphatic heterocycles. The van der Waals surface area contributed by atoms with Gasteiger partial charge in [0.15, 0.2) is 0 Å². The van der Waals surface area contributed by atoms with Gasteiger partial charge in [0.2, 0.25) is 0 Å². The highest BCUT2D eigenvalue weighted by Crippen LogP contribution is 2.25. The third-order valence-electron chi connectivity index (χ3n) is 4.54. The molecule has 2 heterocycles. The van der Waals surface area contributed by atoms with Crippen LogP contribution >= 0.6 is 11.3 Å². The number of aryl methyl sites for hydroxylation is 2. The molecule has 0 unspecified atom stereocenters. The average Bonchev–Trinajstić information content (AvgIpc) is 2.75. The second-order valence-electron chi connectivity index (χ2n) is 6.11. The Kier molecular flexibility index (Phi) is 4.40. The van der Waals surface area contributed by atoms with E-state index in [1.54, 1.807) is 11.3 Å². The summed E-state index contributed by atoms with van der Waals surface area (Å²) in [5, 5.41) is 4.21. The molecule has 0 amide bonds. The van der Waals surface area contributed by atoms with Crippen LogP contribution in [0.3, 0.4) is 0 Å². The molecule has 2 N–H and O–H groups in total. The molecule has 0 saturated heterocycles. The van der Waals surface area contributed by atoms with Gasteiger partial charge in [-0.05, 0) is 44.7 Å². The van der Waals surface area contributed by atoms with Crippen LogP contribution in [0.4, 0.5) is 0 Å². The number of thiophene rings is 1. The van der Waals surface area contributed by atoms with Crippen molar-refractivity contribution >= 4 is 21.6 Å². The summed E-state index contributed by atoms with van der Waals surface area (Å²) in [5.41, 5.74) is 1.06. The molecule has 2 aromatic heterocycles. The van der Waals surface area contributed by atoms with Crippen LogP contribution in [0, 0.1) is 19.8 Å². The van der Waals surface area contributed by atoms with E-state index in [4.69, 9.17) is 0 Å². The zero-order valence-corrected chi connectivity index (χ0v) is 13.6. The van der Waals surface area contributed by atoms with Gasteiger partial charge in [0.25, 0.3) is 5.56 Å². The fraction of sp³-hybridized carbons (Fsp3) is 0.625. The summed E-state index contributed by atoms with van der Waals surface area (Å²) >= 11 is 1.61. The largest absolute Gasteiger partial charge is 0.310 e. The van der Waals surface area contributed by atoms with Crippen LogP contribution < -0.4 is 10.9 Å². The summed E-state index contributed by atoms with van der Waals surface area (Å²) in [6.45, 7) is 5.72. The van der Waals surface area contributed by atoms with Crippen molar-refractivity contribution in [2.45, 2.75) is 52.5 Å². The Morgan fingerprint density at radius 1 is 1.29 bits per heavy atom. The van der Waals surface area contributed by atoms with Crippen molar-refractivity contribution in [1.29, 1.82) is 0 Å². The first-order chi connectivity index (χ1) is 10.1. The van der Waals surface area contributed by atoms with Crippen molar-refractivity contribution < 1.29 is 0 Å². The quantitative estimate of drug-likeness (QED) is 0.911. The Balaban J connectivity index is 1.68. The lowest BCUT2D eigenvalue weighted by Crippen LogP contribution is -2.26. The van der Waals surface area contributed by atoms with Crippen molar-refractivity contribution in [1.82, 2.24) is 15.3 Å². The number of nitrogens with one attached hydrogen (secondary N) is 2. The zero-order chi connectivity index (χ0) is 14.8. The average molecular weight is 305 g/mol. The van der Waals surface area contributed by atoms with Crippen molar-refractivity contribution in [3.8, 4) is 0 Å². The van der Waals surface area contributed by atoms with E-state index in [9.17, 15) is 4.79 Å². The maximum Gasteiger partial charge on any atom is 0.259 e. The summed E-state index contributed by atoms with van der Waals surface area (Å²) in [7, 11) is 0. The number of hydrogen-bond donors (Lipinski definition) is 2. The molecule has 4 nitrogen and oxygen atoms in total. The first-order valence-electron chi connectivity index (χ1n) is 7.84. The van der Waals surface area contributed by atoms with Crippen LogP contribution in [-0.2, 0) is 6.54 Å². The van der Waals surface area contributed by atoms with Crippen LogP contribution in [0.15, 0.2) is 4.79 Å². The molecule has 0 aromatic carbocycles. The number of H-pyrrole nitrogens is 1. The highest BCUT2D eigenvalue weighted by atomic mass is 32.1. The second-order valence-corrected chi connectivity index (χ2v) is 7.31. The molecule has 2 aromatic rings. The molecule has 0 spiro atoms. The van der Waals surface area contributed by atoms with Gasteiger partial charge >= 0.3 is 0 Å². The number of fused-ring (bicyclic) bond motifs is 1. The zero-order valence-electron chi connectivity index (χ0n) is 12.8. The van der Waals surface area contributed by atoms with E-state index < -0.39 is 0 Å². The number of nitrogens with zero attached hydrogens (tertiary/aromatic N) is 1. The summed E-state index contributed by atoms with van der Waals surface area (Å²) in [6.07, 6.45) is 6.78. The molecule has 3 rings (SSSR count). The van der Waals surface area contributed by atoms with Crippen LogP contribution in [0.25, 0.3) is 10.2 Å². The molecule has 1 aliphatic rings. The van der Waals surface area contributed by atoms with Crippen LogP contribution in [-0.4, -0.2) is 16.5 Å². The van der Waals surface area contributed by atoms with Gasteiger partial charge < -0.3 is 10.3 Å². The third-order valence-corrected chi connectivity index (χ3v) is 5.64. The number of rotatable bonds is 4. The van der Waals surface area contributed by atoms with Crippen molar-refractivity contribution in [2.75, 3.05) is 6.54 Å². The topological polar surface area (TPSA) is 57.8 Å². The third kappa shape index (κ3) is 3.19. The molecule has 1 fully saturated rings. The van der Waals surface area contributed by atoms with E-state index in [0.717, 1.165) is 34.1 Å². The molecule has 21 heavy (non-hydrogen) atoms. The Labute approximate surface area is 129 Å². The van der Waals surface area contributed by atoms with E-state index >= 15 is 0 Å². The van der Waals surface area contributed by atoms with Gasteiger partial charge in [-0.1, -0.05) is 19.3 Å². The van der Waals surface area contributed by atoms with Crippen molar-refractivity contribution in [3.05, 3.63) is 26.6 Å². The van der Waals surface area contributed by atoms with E-state index in [2.05, 4.69) is 15.3 Å². The molecular weight excluding hydrogens is 282 g/mol. The predicted molar refractivity (Wildman–Crippen MR) is 88.0 cm³/mol. The van der Waals surface area contributed by atoms with Crippen molar-refractivity contribution in [2.24, 2.45) is 5.92 Å². The molecule has 1 aliphatic carbocycles. The van der Waals surface area contributed by atoms with E-state index in [0.29, 0.717) is 6.54 Å². The minimum absolute atomic E-state index is 0.00341. The monoisotopic (exact) mass is 305 g/mol. The summed E-state index contributed by atoms with van der Waals surface area (Å²) in [6, 6.07) is 0. The summed E-state index contributed by atoms with van der Waals surface area (Å²) in [4.78, 5) is 21.7. The molecule has 0 radical (unpaired) electrons. The highest BCUT2D eigenvalue weighted by molar-refractivity contribution is 7.18. The fourth-order valence-corrected chi connectivity index (χ4v) is 4.22. The Morgan fingerprint density at radius 3 is 2.81 bits per heavy atom. The van der Waals surface area contributed by atoms with Gasteiger partial charge in [0, 0.05) is 4.88 Å². The summed E-state index contributed by atoms with van der Waals surface area (Å²) in [5.74, 6) is 1.55. The Hall–Kier alpha value is -1.20.